The number of hydrogen-bond donors (Lipinski definition) is 0. The van der Waals surface area contributed by atoms with Crippen molar-refractivity contribution in [1.29, 1.82) is 0 Å². The Balaban J connectivity index is 2.67. The van der Waals surface area contributed by atoms with Gasteiger partial charge in [-0.2, -0.15) is 0 Å². The van der Waals surface area contributed by atoms with E-state index in [9.17, 15) is 9.59 Å². The van der Waals surface area contributed by atoms with Gasteiger partial charge in [0.15, 0.2) is 0 Å². The maximum Gasteiger partial charge on any atom is 0.327 e. The Hall–Kier alpha value is -0.580. The van der Waals surface area contributed by atoms with Gasteiger partial charge in [0.2, 0.25) is 0 Å². The van der Waals surface area contributed by atoms with Gasteiger partial charge in [0.05, 0.1) is 0 Å². The number of alkyl halides is 1. The summed E-state index contributed by atoms with van der Waals surface area (Å²) in [5, 5.41) is 0.905. The topological polar surface area (TPSA) is 40.6 Å². The van der Waals surface area contributed by atoms with E-state index in [-0.39, 0.29) is 11.9 Å². The molecule has 1 fully saturated rings. The highest BCUT2D eigenvalue weighted by Gasteiger charge is 2.48. The minimum atomic E-state index is -0.689. The third kappa shape index (κ3) is 2.17. The largest absolute Gasteiger partial charge is 0.327 e. The van der Waals surface area contributed by atoms with Gasteiger partial charge < -0.3 is 4.90 Å². The summed E-state index contributed by atoms with van der Waals surface area (Å²) in [5.41, 5.74) is -0.689. The molecule has 1 heterocycles. The fourth-order valence-corrected chi connectivity index (χ4v) is 1.94. The molecule has 0 spiro atoms. The number of halogens is 1. The number of unbranched alkanes of at least 4 members (excludes halogenated alkanes) is 1. The van der Waals surface area contributed by atoms with Crippen molar-refractivity contribution >= 4 is 27.9 Å². The average Bonchev–Trinajstić information content (AvgIpc) is 2.33. The van der Waals surface area contributed by atoms with E-state index in [0.717, 1.165) is 18.2 Å². The van der Waals surface area contributed by atoms with Gasteiger partial charge in [-0.05, 0) is 26.7 Å². The summed E-state index contributed by atoms with van der Waals surface area (Å²) in [5.74, 6) is -0.0930. The molecule has 1 rings (SSSR count). The first-order chi connectivity index (χ1) is 6.92. The maximum absolute atomic E-state index is 11.9. The molecule has 1 aliphatic rings. The molecule has 0 saturated carbocycles. The monoisotopic (exact) mass is 276 g/mol. The van der Waals surface area contributed by atoms with E-state index in [1.54, 1.807) is 20.9 Å². The lowest BCUT2D eigenvalue weighted by atomic mass is 10.1. The zero-order valence-corrected chi connectivity index (χ0v) is 11.0. The molecule has 15 heavy (non-hydrogen) atoms. The molecule has 0 N–H and O–H groups in total. The minimum absolute atomic E-state index is 0.0930. The van der Waals surface area contributed by atoms with Crippen LogP contribution in [0.2, 0.25) is 0 Å². The van der Waals surface area contributed by atoms with Crippen molar-refractivity contribution in [2.45, 2.75) is 32.2 Å². The highest BCUT2D eigenvalue weighted by atomic mass is 79.9. The van der Waals surface area contributed by atoms with Gasteiger partial charge in [-0.3, -0.25) is 9.69 Å². The van der Waals surface area contributed by atoms with E-state index in [1.807, 2.05) is 0 Å². The van der Waals surface area contributed by atoms with E-state index in [2.05, 4.69) is 15.9 Å². The predicted molar refractivity (Wildman–Crippen MR) is 62.0 cm³/mol. The van der Waals surface area contributed by atoms with E-state index in [0.29, 0.717) is 6.54 Å². The van der Waals surface area contributed by atoms with Gasteiger partial charge in [-0.1, -0.05) is 15.9 Å². The van der Waals surface area contributed by atoms with Crippen LogP contribution in [0.5, 0.6) is 0 Å². The summed E-state index contributed by atoms with van der Waals surface area (Å²) >= 11 is 3.32. The Kier molecular flexibility index (Phi) is 3.76. The van der Waals surface area contributed by atoms with Crippen LogP contribution in [0.25, 0.3) is 0 Å². The van der Waals surface area contributed by atoms with Crippen LogP contribution < -0.4 is 0 Å². The number of amides is 3. The molecule has 3 amide bonds. The molecule has 86 valence electrons. The zero-order valence-electron chi connectivity index (χ0n) is 9.42. The molecule has 0 unspecified atom stereocenters. The van der Waals surface area contributed by atoms with Gasteiger partial charge in [0.1, 0.15) is 5.54 Å². The Bertz CT molecular complexity index is 279. The minimum Gasteiger partial charge on any atom is -0.313 e. The standard InChI is InChI=1S/C10H17BrN2O2/c1-10(2)8(14)13(7-5-4-6-11)9(15)12(10)3/h4-7H2,1-3H3. The summed E-state index contributed by atoms with van der Waals surface area (Å²) in [4.78, 5) is 26.5. The second kappa shape index (κ2) is 4.51. The number of urea groups is 1. The lowest BCUT2D eigenvalue weighted by Crippen LogP contribution is -2.41. The van der Waals surface area contributed by atoms with Crippen molar-refractivity contribution in [2.75, 3.05) is 18.9 Å². The van der Waals surface area contributed by atoms with Crippen molar-refractivity contribution in [3.63, 3.8) is 0 Å². The summed E-state index contributed by atoms with van der Waals surface area (Å²) in [7, 11) is 1.67. The van der Waals surface area contributed by atoms with Crippen molar-refractivity contribution in [1.82, 2.24) is 9.80 Å². The second-order valence-corrected chi connectivity index (χ2v) is 5.05. The van der Waals surface area contributed by atoms with Crippen LogP contribution in [0.15, 0.2) is 0 Å². The Morgan fingerprint density at radius 2 is 1.87 bits per heavy atom. The molecule has 0 bridgehead atoms. The van der Waals surface area contributed by atoms with E-state index in [4.69, 9.17) is 0 Å². The average molecular weight is 277 g/mol. The molecule has 1 saturated heterocycles. The number of hydrogen-bond acceptors (Lipinski definition) is 2. The van der Waals surface area contributed by atoms with Crippen LogP contribution in [0.4, 0.5) is 4.79 Å². The molecule has 0 aromatic heterocycles. The third-order valence-electron chi connectivity index (χ3n) is 2.89. The number of likely N-dealkylation sites (N-methyl/N-ethyl adjacent to an activating group) is 1. The van der Waals surface area contributed by atoms with Crippen LogP contribution >= 0.6 is 15.9 Å². The number of rotatable bonds is 4. The Morgan fingerprint density at radius 1 is 1.27 bits per heavy atom. The van der Waals surface area contributed by atoms with Crippen molar-refractivity contribution < 1.29 is 9.59 Å². The summed E-state index contributed by atoms with van der Waals surface area (Å²) in [6.07, 6.45) is 1.83. The molecule has 0 radical (unpaired) electrons. The van der Waals surface area contributed by atoms with E-state index < -0.39 is 5.54 Å². The molecule has 0 aliphatic carbocycles. The van der Waals surface area contributed by atoms with E-state index in [1.165, 1.54) is 9.80 Å². The number of nitrogens with zero attached hydrogens (tertiary/aromatic N) is 2. The zero-order chi connectivity index (χ0) is 11.6. The predicted octanol–water partition coefficient (Wildman–Crippen LogP) is 1.83. The summed E-state index contributed by atoms with van der Waals surface area (Å²) in [6, 6.07) is -0.181. The number of carbonyl (C=O) groups excluding carboxylic acids is 2. The molecule has 5 heteroatoms. The normalized spacial score (nSPS) is 20.3. The van der Waals surface area contributed by atoms with Crippen LogP contribution in [0.1, 0.15) is 26.7 Å². The molecular weight excluding hydrogens is 260 g/mol. The maximum atomic E-state index is 11.9. The van der Waals surface area contributed by atoms with Crippen molar-refractivity contribution in [3.05, 3.63) is 0 Å². The highest BCUT2D eigenvalue weighted by molar-refractivity contribution is 9.09. The Labute approximate surface area is 98.7 Å². The van der Waals surface area contributed by atoms with Crippen LogP contribution in [-0.2, 0) is 4.79 Å². The molecule has 0 aromatic carbocycles. The van der Waals surface area contributed by atoms with Crippen molar-refractivity contribution in [3.8, 4) is 0 Å². The fourth-order valence-electron chi connectivity index (χ4n) is 1.54. The first kappa shape index (κ1) is 12.5. The van der Waals surface area contributed by atoms with Crippen LogP contribution in [-0.4, -0.2) is 46.2 Å². The van der Waals surface area contributed by atoms with Gasteiger partial charge in [0.25, 0.3) is 5.91 Å². The lowest BCUT2D eigenvalue weighted by molar-refractivity contribution is -0.131. The van der Waals surface area contributed by atoms with Crippen molar-refractivity contribution in [2.24, 2.45) is 0 Å². The molecule has 0 aromatic rings. The van der Waals surface area contributed by atoms with Gasteiger partial charge in [-0.25, -0.2) is 4.79 Å². The first-order valence-corrected chi connectivity index (χ1v) is 6.20. The molecule has 0 atom stereocenters. The van der Waals surface area contributed by atoms with Gasteiger partial charge in [0, 0.05) is 18.9 Å². The van der Waals surface area contributed by atoms with Gasteiger partial charge >= 0.3 is 6.03 Å². The molecule has 4 nitrogen and oxygen atoms in total. The third-order valence-corrected chi connectivity index (χ3v) is 3.45. The van der Waals surface area contributed by atoms with Crippen LogP contribution in [0, 0.1) is 0 Å². The molecular formula is C10H17BrN2O2. The smallest absolute Gasteiger partial charge is 0.313 e. The first-order valence-electron chi connectivity index (χ1n) is 5.08. The Morgan fingerprint density at radius 3 is 2.27 bits per heavy atom. The SMILES string of the molecule is CN1C(=O)N(CCCCBr)C(=O)C1(C)C. The summed E-state index contributed by atoms with van der Waals surface area (Å²) < 4.78 is 0. The second-order valence-electron chi connectivity index (χ2n) is 4.25. The number of carbonyl (C=O) groups is 2. The summed E-state index contributed by atoms with van der Waals surface area (Å²) in [6.45, 7) is 4.08. The molecule has 1 aliphatic heterocycles. The lowest BCUT2D eigenvalue weighted by Gasteiger charge is -2.22. The van der Waals surface area contributed by atoms with Crippen LogP contribution in [0.3, 0.4) is 0 Å². The highest BCUT2D eigenvalue weighted by Crippen LogP contribution is 2.25. The van der Waals surface area contributed by atoms with Gasteiger partial charge in [-0.15, -0.1) is 0 Å². The number of imide groups is 1. The quantitative estimate of drug-likeness (QED) is 0.447. The van der Waals surface area contributed by atoms with E-state index >= 15 is 0 Å². The fraction of sp³-hybridized carbons (Fsp3) is 0.800.